The SMILES string of the molecule is C.C=CCCCCCC1CC[C@@H](F)C(C)C1.CC.CO.NC[C@H]1CCCCN1.OO.[HH]. The molecule has 1 aliphatic carbocycles. The van der Waals surface area contributed by atoms with E-state index in [4.69, 9.17) is 21.4 Å². The predicted octanol–water partition coefficient (Wildman–Crippen LogP) is 6.52. The normalized spacial score (nSPS) is 24.4. The maximum atomic E-state index is 13.2. The highest BCUT2D eigenvalue weighted by molar-refractivity contribution is 4.77. The van der Waals surface area contributed by atoms with Gasteiger partial charge in [0.15, 0.2) is 0 Å². The Morgan fingerprint density at radius 3 is 2.17 bits per heavy atom. The Balaban J connectivity index is -0.000000120. The summed E-state index contributed by atoms with van der Waals surface area (Å²) in [5.74, 6) is 1.10. The quantitative estimate of drug-likeness (QED) is 0.134. The van der Waals surface area contributed by atoms with Crippen LogP contribution in [-0.4, -0.2) is 48.0 Å². The third-order valence-electron chi connectivity index (χ3n) is 5.39. The number of nitrogens with one attached hydrogen (secondary N) is 1. The Bertz CT molecular complexity index is 311. The van der Waals surface area contributed by atoms with Crippen LogP contribution in [0.2, 0.25) is 0 Å². The summed E-state index contributed by atoms with van der Waals surface area (Å²) in [6.45, 7) is 11.8. The molecule has 2 aliphatic rings. The topological polar surface area (TPSA) is 98.7 Å². The Kier molecular flexibility index (Phi) is 37.6. The molecule has 0 aromatic carbocycles. The van der Waals surface area contributed by atoms with Gasteiger partial charge in [-0.2, -0.15) is 0 Å². The molecule has 2 unspecified atom stereocenters. The van der Waals surface area contributed by atoms with Crippen molar-refractivity contribution in [3.05, 3.63) is 12.7 Å². The first-order valence-corrected chi connectivity index (χ1v) is 11.5. The molecular formula is C24H57FN2O3. The standard InChI is InChI=1S/C14H25F.C6H14N2.C2H6.CH4O.CH4.H2O2.H2/c1-3-4-5-6-7-8-13-9-10-14(15)12(2)11-13;7-5-6-3-1-2-4-8-6;2*1-2;;1-2;/h3,12-14H,1,4-11H2,2H3;6,8H,1-5,7H2;1-2H3;2H,1H3;1H4;1-2H;1H/t12?,13?,14-;6-;;;;;/m11...../s1. The molecule has 0 aromatic heterocycles. The Morgan fingerprint density at radius 1 is 1.10 bits per heavy atom. The fourth-order valence-electron chi connectivity index (χ4n) is 3.76. The summed E-state index contributed by atoms with van der Waals surface area (Å²) in [6, 6.07) is 0.615. The Labute approximate surface area is 188 Å². The average Bonchev–Trinajstić information content (AvgIpc) is 2.81. The zero-order valence-electron chi connectivity index (χ0n) is 19.6. The molecule has 1 saturated carbocycles. The van der Waals surface area contributed by atoms with E-state index in [2.05, 4.69) is 18.8 Å². The monoisotopic (exact) mass is 440 g/mol. The van der Waals surface area contributed by atoms with Gasteiger partial charge < -0.3 is 16.2 Å². The van der Waals surface area contributed by atoms with Crippen molar-refractivity contribution in [1.82, 2.24) is 5.32 Å². The van der Waals surface area contributed by atoms with Crippen LogP contribution in [0.25, 0.3) is 0 Å². The molecule has 1 heterocycles. The van der Waals surface area contributed by atoms with Gasteiger partial charge in [0.25, 0.3) is 0 Å². The molecule has 2 rings (SSSR count). The number of aliphatic hydroxyl groups excluding tert-OH is 1. The third kappa shape index (κ3) is 22.2. The van der Waals surface area contributed by atoms with Crippen molar-refractivity contribution in [2.24, 2.45) is 17.6 Å². The van der Waals surface area contributed by atoms with Crippen LogP contribution in [0.3, 0.4) is 0 Å². The largest absolute Gasteiger partial charge is 0.400 e. The lowest BCUT2D eigenvalue weighted by Gasteiger charge is -2.29. The van der Waals surface area contributed by atoms with E-state index in [1.54, 1.807) is 0 Å². The molecule has 4 atom stereocenters. The molecule has 0 aromatic rings. The summed E-state index contributed by atoms with van der Waals surface area (Å²) in [7, 11) is 1.00. The highest BCUT2D eigenvalue weighted by Crippen LogP contribution is 2.33. The van der Waals surface area contributed by atoms with Crippen LogP contribution >= 0.6 is 0 Å². The number of rotatable bonds is 7. The fraction of sp³-hybridized carbons (Fsp3) is 0.917. The number of nitrogens with two attached hydrogens (primary N) is 1. The van der Waals surface area contributed by atoms with Crippen molar-refractivity contribution in [3.63, 3.8) is 0 Å². The molecule has 0 spiro atoms. The highest BCUT2D eigenvalue weighted by atomic mass is 19.1. The molecule has 30 heavy (non-hydrogen) atoms. The van der Waals surface area contributed by atoms with E-state index < -0.39 is 6.17 Å². The van der Waals surface area contributed by atoms with Gasteiger partial charge in [-0.25, -0.2) is 4.39 Å². The van der Waals surface area contributed by atoms with E-state index >= 15 is 0 Å². The molecule has 0 radical (unpaired) electrons. The van der Waals surface area contributed by atoms with Gasteiger partial charge in [-0.1, -0.05) is 60.0 Å². The van der Waals surface area contributed by atoms with Gasteiger partial charge in [-0.05, 0) is 63.3 Å². The summed E-state index contributed by atoms with van der Waals surface area (Å²) < 4.78 is 13.2. The maximum Gasteiger partial charge on any atom is 0.103 e. The highest BCUT2D eigenvalue weighted by Gasteiger charge is 2.26. The number of aliphatic hydroxyl groups is 1. The van der Waals surface area contributed by atoms with E-state index in [1.807, 2.05) is 19.9 Å². The number of unbranched alkanes of at least 4 members (excludes halogenated alkanes) is 3. The maximum absolute atomic E-state index is 13.2. The summed E-state index contributed by atoms with van der Waals surface area (Å²) >= 11 is 0. The van der Waals surface area contributed by atoms with Crippen LogP contribution in [0.15, 0.2) is 12.7 Å². The summed E-state index contributed by atoms with van der Waals surface area (Å²) in [5.41, 5.74) is 5.44. The zero-order valence-corrected chi connectivity index (χ0v) is 19.6. The smallest absolute Gasteiger partial charge is 0.103 e. The first kappa shape index (κ1) is 36.8. The van der Waals surface area contributed by atoms with E-state index in [-0.39, 0.29) is 8.85 Å². The zero-order chi connectivity index (χ0) is 22.9. The van der Waals surface area contributed by atoms with Crippen LogP contribution in [0.1, 0.15) is 100 Å². The fourth-order valence-corrected chi connectivity index (χ4v) is 3.76. The molecule has 2 fully saturated rings. The molecule has 6 N–H and O–H groups in total. The van der Waals surface area contributed by atoms with Crippen LogP contribution in [0.4, 0.5) is 4.39 Å². The summed E-state index contributed by atoms with van der Waals surface area (Å²) in [6.07, 6.45) is 14.8. The van der Waals surface area contributed by atoms with Gasteiger partial charge in [0.05, 0.1) is 0 Å². The van der Waals surface area contributed by atoms with E-state index in [0.29, 0.717) is 12.0 Å². The van der Waals surface area contributed by atoms with Gasteiger partial charge in [-0.15, -0.1) is 6.58 Å². The average molecular weight is 441 g/mol. The number of allylic oxidation sites excluding steroid dienone is 1. The second-order valence-corrected chi connectivity index (χ2v) is 7.48. The van der Waals surface area contributed by atoms with Crippen molar-refractivity contribution in [2.75, 3.05) is 20.2 Å². The molecule has 1 saturated heterocycles. The minimum atomic E-state index is -0.526. The molecule has 0 amide bonds. The minimum Gasteiger partial charge on any atom is -0.400 e. The van der Waals surface area contributed by atoms with E-state index in [0.717, 1.165) is 45.3 Å². The predicted molar refractivity (Wildman–Crippen MR) is 133 cm³/mol. The number of piperidine rings is 1. The number of halogens is 1. The molecule has 1 aliphatic heterocycles. The van der Waals surface area contributed by atoms with Crippen molar-refractivity contribution >= 4 is 0 Å². The number of alkyl halides is 1. The molecule has 5 nitrogen and oxygen atoms in total. The van der Waals surface area contributed by atoms with Crippen LogP contribution < -0.4 is 11.1 Å². The van der Waals surface area contributed by atoms with Gasteiger partial charge in [0.1, 0.15) is 6.17 Å². The summed E-state index contributed by atoms with van der Waals surface area (Å²) in [5, 5.41) is 22.3. The van der Waals surface area contributed by atoms with Gasteiger partial charge in [0.2, 0.25) is 0 Å². The Hall–Kier alpha value is -0.530. The van der Waals surface area contributed by atoms with Crippen LogP contribution in [-0.2, 0) is 0 Å². The van der Waals surface area contributed by atoms with Gasteiger partial charge in [0, 0.05) is 21.1 Å². The Morgan fingerprint density at radius 2 is 1.73 bits per heavy atom. The molecule has 0 bridgehead atoms. The third-order valence-corrected chi connectivity index (χ3v) is 5.39. The van der Waals surface area contributed by atoms with E-state index in [1.165, 1.54) is 51.5 Å². The lowest BCUT2D eigenvalue weighted by Crippen LogP contribution is -2.39. The first-order chi connectivity index (χ1) is 14.2. The van der Waals surface area contributed by atoms with Gasteiger partial charge >= 0.3 is 0 Å². The van der Waals surface area contributed by atoms with Crippen LogP contribution in [0.5, 0.6) is 0 Å². The van der Waals surface area contributed by atoms with Crippen molar-refractivity contribution in [1.29, 1.82) is 0 Å². The molecular weight excluding hydrogens is 383 g/mol. The molecule has 6 heteroatoms. The second kappa shape index (κ2) is 30.7. The number of hydrogen-bond donors (Lipinski definition) is 5. The van der Waals surface area contributed by atoms with E-state index in [9.17, 15) is 4.39 Å². The van der Waals surface area contributed by atoms with Crippen molar-refractivity contribution < 1.29 is 21.4 Å². The number of hydrogen-bond acceptors (Lipinski definition) is 5. The summed E-state index contributed by atoms with van der Waals surface area (Å²) in [4.78, 5) is 0. The lowest BCUT2D eigenvalue weighted by molar-refractivity contribution is -0.176. The van der Waals surface area contributed by atoms with Crippen molar-refractivity contribution in [3.8, 4) is 0 Å². The minimum absolute atomic E-state index is 0. The first-order valence-electron chi connectivity index (χ1n) is 11.5. The van der Waals surface area contributed by atoms with Gasteiger partial charge in [-0.3, -0.25) is 10.5 Å². The van der Waals surface area contributed by atoms with Crippen molar-refractivity contribution in [2.45, 2.75) is 111 Å². The molecule has 188 valence electrons. The van der Waals surface area contributed by atoms with Crippen LogP contribution in [0, 0.1) is 11.8 Å². The lowest BCUT2D eigenvalue weighted by atomic mass is 9.79. The second-order valence-electron chi connectivity index (χ2n) is 7.48.